The first kappa shape index (κ1) is 18.9. The SMILES string of the molecule is Cc1c(Cl)cccc1NC(=O)COC(=O)CN1C(=O)[C@H]2[C@@H]3CC[C@@H](C3)[C@@H]2C1=O. The minimum Gasteiger partial charge on any atom is -0.454 e. The van der Waals surface area contributed by atoms with E-state index < -0.39 is 25.0 Å². The molecule has 1 saturated heterocycles. The van der Waals surface area contributed by atoms with Crippen LogP contribution >= 0.6 is 11.6 Å². The normalized spacial score (nSPS) is 27.9. The molecule has 2 saturated carbocycles. The molecule has 0 spiro atoms. The van der Waals surface area contributed by atoms with Gasteiger partial charge in [-0.15, -0.1) is 0 Å². The number of carbonyl (C=O) groups is 4. The van der Waals surface area contributed by atoms with Crippen molar-refractivity contribution in [1.82, 2.24) is 4.90 Å². The number of fused-ring (bicyclic) bond motifs is 5. The van der Waals surface area contributed by atoms with E-state index in [1.54, 1.807) is 25.1 Å². The molecule has 8 heteroatoms. The first-order valence-electron chi connectivity index (χ1n) is 9.42. The van der Waals surface area contributed by atoms with Crippen LogP contribution in [0.5, 0.6) is 0 Å². The molecule has 1 aliphatic heterocycles. The molecule has 3 aliphatic rings. The third-order valence-electron chi connectivity index (χ3n) is 6.21. The summed E-state index contributed by atoms with van der Waals surface area (Å²) in [6.07, 6.45) is 2.90. The Morgan fingerprint density at radius 3 is 2.46 bits per heavy atom. The van der Waals surface area contributed by atoms with Crippen LogP contribution in [0.25, 0.3) is 0 Å². The highest BCUT2D eigenvalue weighted by atomic mass is 35.5. The van der Waals surface area contributed by atoms with Crippen molar-refractivity contribution in [2.75, 3.05) is 18.5 Å². The Hall–Kier alpha value is -2.41. The Labute approximate surface area is 167 Å². The summed E-state index contributed by atoms with van der Waals surface area (Å²) in [4.78, 5) is 50.3. The highest BCUT2D eigenvalue weighted by Crippen LogP contribution is 2.56. The Morgan fingerprint density at radius 1 is 1.18 bits per heavy atom. The van der Waals surface area contributed by atoms with Gasteiger partial charge < -0.3 is 10.1 Å². The number of esters is 1. The molecule has 28 heavy (non-hydrogen) atoms. The van der Waals surface area contributed by atoms with Crippen LogP contribution in [0.2, 0.25) is 5.02 Å². The number of carbonyl (C=O) groups excluding carboxylic acids is 4. The average Bonchev–Trinajstić information content (AvgIpc) is 3.34. The van der Waals surface area contributed by atoms with Gasteiger partial charge in [-0.05, 0) is 55.7 Å². The predicted molar refractivity (Wildman–Crippen MR) is 100 cm³/mol. The van der Waals surface area contributed by atoms with Crippen molar-refractivity contribution >= 4 is 41.0 Å². The minimum absolute atomic E-state index is 0.263. The molecule has 148 valence electrons. The van der Waals surface area contributed by atoms with Crippen molar-refractivity contribution in [3.8, 4) is 0 Å². The van der Waals surface area contributed by atoms with Crippen LogP contribution in [0.3, 0.4) is 0 Å². The number of benzene rings is 1. The first-order valence-corrected chi connectivity index (χ1v) is 9.80. The van der Waals surface area contributed by atoms with Crippen LogP contribution < -0.4 is 5.32 Å². The lowest BCUT2D eigenvalue weighted by Crippen LogP contribution is -2.38. The summed E-state index contributed by atoms with van der Waals surface area (Å²) in [5.41, 5.74) is 1.24. The monoisotopic (exact) mass is 404 g/mol. The molecule has 1 aromatic carbocycles. The van der Waals surface area contributed by atoms with Gasteiger partial charge in [0.25, 0.3) is 5.91 Å². The van der Waals surface area contributed by atoms with Crippen LogP contribution in [0.1, 0.15) is 24.8 Å². The summed E-state index contributed by atoms with van der Waals surface area (Å²) in [5.74, 6) is -1.84. The van der Waals surface area contributed by atoms with Gasteiger partial charge in [-0.25, -0.2) is 0 Å². The topological polar surface area (TPSA) is 92.8 Å². The van der Waals surface area contributed by atoms with E-state index in [1.165, 1.54) is 0 Å². The molecule has 4 rings (SSSR count). The third-order valence-corrected chi connectivity index (χ3v) is 6.62. The second kappa shape index (κ2) is 7.20. The van der Waals surface area contributed by atoms with E-state index in [0.29, 0.717) is 16.3 Å². The molecular weight excluding hydrogens is 384 g/mol. The second-order valence-corrected chi connectivity index (χ2v) is 8.18. The van der Waals surface area contributed by atoms with Gasteiger partial charge in [0.15, 0.2) is 6.61 Å². The quantitative estimate of drug-likeness (QED) is 0.599. The van der Waals surface area contributed by atoms with Crippen molar-refractivity contribution in [2.45, 2.75) is 26.2 Å². The highest BCUT2D eigenvalue weighted by molar-refractivity contribution is 6.31. The third kappa shape index (κ3) is 3.17. The standard InChI is InChI=1S/C20H21ClN2O5/c1-10-13(21)3-2-4-14(10)22-15(24)9-28-16(25)8-23-19(26)17-11-5-6-12(7-11)18(17)20(23)27/h2-4,11-12,17-18H,5-9H2,1H3,(H,22,24)/t11-,12+,17-,18-/m0/s1. The van der Waals surface area contributed by atoms with Gasteiger partial charge in [-0.2, -0.15) is 0 Å². The predicted octanol–water partition coefficient (Wildman–Crippen LogP) is 2.16. The number of nitrogens with one attached hydrogen (secondary N) is 1. The summed E-state index contributed by atoms with van der Waals surface area (Å²) in [6.45, 7) is 0.825. The maximum Gasteiger partial charge on any atom is 0.326 e. The summed E-state index contributed by atoms with van der Waals surface area (Å²) in [6, 6.07) is 5.10. The van der Waals surface area contributed by atoms with Crippen molar-refractivity contribution in [3.05, 3.63) is 28.8 Å². The van der Waals surface area contributed by atoms with Gasteiger partial charge in [0.05, 0.1) is 11.8 Å². The van der Waals surface area contributed by atoms with Gasteiger partial charge in [0.1, 0.15) is 6.54 Å². The lowest BCUT2D eigenvalue weighted by molar-refractivity contribution is -0.154. The number of likely N-dealkylation sites (tertiary alicyclic amines) is 1. The zero-order chi connectivity index (χ0) is 20.0. The number of nitrogens with zero attached hydrogens (tertiary/aromatic N) is 1. The molecule has 4 atom stereocenters. The highest BCUT2D eigenvalue weighted by Gasteiger charge is 2.61. The summed E-state index contributed by atoms with van der Waals surface area (Å²) in [7, 11) is 0. The van der Waals surface area contributed by atoms with Crippen LogP contribution in [0.4, 0.5) is 5.69 Å². The summed E-state index contributed by atoms with van der Waals surface area (Å²) >= 11 is 6.01. The van der Waals surface area contributed by atoms with Gasteiger partial charge >= 0.3 is 5.97 Å². The van der Waals surface area contributed by atoms with Crippen LogP contribution in [0, 0.1) is 30.6 Å². The maximum atomic E-state index is 12.6. The average molecular weight is 405 g/mol. The minimum atomic E-state index is -0.771. The largest absolute Gasteiger partial charge is 0.454 e. The Morgan fingerprint density at radius 2 is 1.82 bits per heavy atom. The van der Waals surface area contributed by atoms with Gasteiger partial charge in [-0.1, -0.05) is 17.7 Å². The molecule has 0 unspecified atom stereocenters. The molecule has 7 nitrogen and oxygen atoms in total. The van der Waals surface area contributed by atoms with Crippen LogP contribution in [0.15, 0.2) is 18.2 Å². The van der Waals surface area contributed by atoms with E-state index in [9.17, 15) is 19.2 Å². The maximum absolute atomic E-state index is 12.6. The van der Waals surface area contributed by atoms with E-state index in [-0.39, 0.29) is 35.5 Å². The number of halogens is 1. The lowest BCUT2D eigenvalue weighted by atomic mass is 9.81. The number of imide groups is 1. The fraction of sp³-hybridized carbons (Fsp3) is 0.500. The molecule has 1 aromatic rings. The van der Waals surface area contributed by atoms with Crippen LogP contribution in [-0.2, 0) is 23.9 Å². The second-order valence-electron chi connectivity index (χ2n) is 7.77. The number of amides is 3. The number of hydrogen-bond acceptors (Lipinski definition) is 5. The Kier molecular flexibility index (Phi) is 4.87. The van der Waals surface area contributed by atoms with E-state index in [4.69, 9.17) is 16.3 Å². The molecule has 2 aliphatic carbocycles. The van der Waals surface area contributed by atoms with Crippen LogP contribution in [-0.4, -0.2) is 41.7 Å². The van der Waals surface area contributed by atoms with E-state index in [0.717, 1.165) is 24.2 Å². The van der Waals surface area contributed by atoms with E-state index in [2.05, 4.69) is 5.32 Å². The lowest BCUT2D eigenvalue weighted by Gasteiger charge is -2.19. The molecule has 0 radical (unpaired) electrons. The van der Waals surface area contributed by atoms with Crippen molar-refractivity contribution in [1.29, 1.82) is 0 Å². The summed E-state index contributed by atoms with van der Waals surface area (Å²) in [5, 5.41) is 3.14. The molecule has 2 bridgehead atoms. The molecule has 1 N–H and O–H groups in total. The molecular formula is C20H21ClN2O5. The van der Waals surface area contributed by atoms with Crippen molar-refractivity contribution in [2.24, 2.45) is 23.7 Å². The zero-order valence-corrected chi connectivity index (χ0v) is 16.2. The number of hydrogen-bond donors (Lipinski definition) is 1. The molecule has 1 heterocycles. The number of rotatable bonds is 5. The van der Waals surface area contributed by atoms with Gasteiger partial charge in [-0.3, -0.25) is 24.1 Å². The van der Waals surface area contributed by atoms with Gasteiger partial charge in [0.2, 0.25) is 11.8 Å². The molecule has 0 aromatic heterocycles. The van der Waals surface area contributed by atoms with E-state index >= 15 is 0 Å². The summed E-state index contributed by atoms with van der Waals surface area (Å²) < 4.78 is 4.97. The van der Waals surface area contributed by atoms with E-state index in [1.807, 2.05) is 0 Å². The zero-order valence-electron chi connectivity index (χ0n) is 15.4. The Bertz CT molecular complexity index is 842. The molecule has 3 amide bonds. The first-order chi connectivity index (χ1) is 13.4. The fourth-order valence-corrected chi connectivity index (χ4v) is 5.05. The molecule has 3 fully saturated rings. The number of ether oxygens (including phenoxy) is 1. The number of anilines is 1. The fourth-order valence-electron chi connectivity index (χ4n) is 4.88. The van der Waals surface area contributed by atoms with Crippen molar-refractivity contribution < 1.29 is 23.9 Å². The smallest absolute Gasteiger partial charge is 0.326 e. The van der Waals surface area contributed by atoms with Crippen molar-refractivity contribution in [3.63, 3.8) is 0 Å². The van der Waals surface area contributed by atoms with Gasteiger partial charge in [0, 0.05) is 10.7 Å². The Balaban J connectivity index is 1.30.